The minimum Gasteiger partial charge on any atom is -0.365 e. The van der Waals surface area contributed by atoms with Gasteiger partial charge in [0.1, 0.15) is 5.56 Å². The van der Waals surface area contributed by atoms with Crippen LogP contribution < -0.4 is 10.3 Å². The van der Waals surface area contributed by atoms with Crippen LogP contribution in [0.2, 0.25) is 0 Å². The van der Waals surface area contributed by atoms with E-state index in [1.807, 2.05) is 6.92 Å². The lowest BCUT2D eigenvalue weighted by molar-refractivity contribution is 0.0724. The van der Waals surface area contributed by atoms with Crippen molar-refractivity contribution in [2.24, 2.45) is 7.05 Å². The third kappa shape index (κ3) is 4.21. The monoisotopic (exact) mass is 482 g/mol. The minimum atomic E-state index is -3.71. The van der Waals surface area contributed by atoms with E-state index in [1.165, 1.54) is 31.8 Å². The van der Waals surface area contributed by atoms with E-state index in [2.05, 4.69) is 36.1 Å². The maximum Gasteiger partial charge on any atom is 0.259 e. The van der Waals surface area contributed by atoms with E-state index in [9.17, 15) is 18.0 Å². The smallest absolute Gasteiger partial charge is 0.259 e. The van der Waals surface area contributed by atoms with Gasteiger partial charge in [0.05, 0.1) is 10.4 Å². The molecular formula is C25H30N4O4S. The zero-order valence-electron chi connectivity index (χ0n) is 20.1. The number of amides is 1. The van der Waals surface area contributed by atoms with Crippen molar-refractivity contribution in [3.05, 3.63) is 70.0 Å². The molecule has 1 aromatic heterocycles. The Balaban J connectivity index is 1.66. The summed E-state index contributed by atoms with van der Waals surface area (Å²) in [7, 11) is 0.916. The molecular weight excluding hydrogens is 452 g/mol. The van der Waals surface area contributed by atoms with E-state index >= 15 is 0 Å². The number of anilines is 1. The van der Waals surface area contributed by atoms with Crippen molar-refractivity contribution < 1.29 is 13.2 Å². The molecule has 34 heavy (non-hydrogen) atoms. The number of pyridine rings is 1. The van der Waals surface area contributed by atoms with Gasteiger partial charge in [0, 0.05) is 64.1 Å². The summed E-state index contributed by atoms with van der Waals surface area (Å²) in [6, 6.07) is 12.8. The maximum atomic E-state index is 13.4. The van der Waals surface area contributed by atoms with Gasteiger partial charge in [-0.05, 0) is 44.2 Å². The first-order valence-electron chi connectivity index (χ1n) is 11.2. The highest BCUT2D eigenvalue weighted by Gasteiger charge is 2.29. The number of rotatable bonds is 4. The molecule has 0 spiro atoms. The largest absolute Gasteiger partial charge is 0.365 e. The lowest BCUT2D eigenvalue weighted by Gasteiger charge is -2.41. The number of hydrogen-bond donors (Lipinski definition) is 0. The highest BCUT2D eigenvalue weighted by atomic mass is 32.2. The van der Waals surface area contributed by atoms with Crippen molar-refractivity contribution >= 4 is 32.5 Å². The molecule has 2 heterocycles. The summed E-state index contributed by atoms with van der Waals surface area (Å²) in [5.41, 5.74) is 2.46. The van der Waals surface area contributed by atoms with E-state index in [4.69, 9.17) is 0 Å². The molecule has 1 aliphatic heterocycles. The Labute approximate surface area is 200 Å². The Morgan fingerprint density at radius 3 is 2.35 bits per heavy atom. The number of nitrogens with zero attached hydrogens (tertiary/aromatic N) is 4. The highest BCUT2D eigenvalue weighted by molar-refractivity contribution is 7.89. The van der Waals surface area contributed by atoms with Gasteiger partial charge < -0.3 is 14.4 Å². The van der Waals surface area contributed by atoms with Crippen molar-refractivity contribution in [1.82, 2.24) is 13.8 Å². The first kappa shape index (κ1) is 24.0. The molecule has 2 aromatic carbocycles. The van der Waals surface area contributed by atoms with Gasteiger partial charge in [0.2, 0.25) is 15.5 Å². The van der Waals surface area contributed by atoms with Crippen LogP contribution in [0.25, 0.3) is 10.9 Å². The van der Waals surface area contributed by atoms with Gasteiger partial charge in [-0.1, -0.05) is 17.7 Å². The van der Waals surface area contributed by atoms with Gasteiger partial charge in [-0.15, -0.1) is 0 Å². The summed E-state index contributed by atoms with van der Waals surface area (Å²) in [6.07, 6.45) is 1.55. The molecule has 0 saturated carbocycles. The topological polar surface area (TPSA) is 82.9 Å². The summed E-state index contributed by atoms with van der Waals surface area (Å²) < 4.78 is 28.0. The van der Waals surface area contributed by atoms with Gasteiger partial charge in [-0.3, -0.25) is 9.59 Å². The molecule has 9 heteroatoms. The lowest BCUT2D eigenvalue weighted by Crippen LogP contribution is -2.54. The summed E-state index contributed by atoms with van der Waals surface area (Å²) >= 11 is 0. The average Bonchev–Trinajstić information content (AvgIpc) is 2.81. The fourth-order valence-corrected chi connectivity index (χ4v) is 5.36. The fourth-order valence-electron chi connectivity index (χ4n) is 4.43. The standard InChI is InChI=1S/C25H30N4O4S/c1-17-6-8-19(9-7-17)29-13-12-28(15-18(29)2)25(31)22-16-27(5)23-11-10-20(14-21(23)24(22)30)34(32,33)26(3)4/h6-11,14,16,18H,12-13,15H2,1-5H3. The van der Waals surface area contributed by atoms with E-state index in [1.54, 1.807) is 28.8 Å². The molecule has 1 aliphatic rings. The van der Waals surface area contributed by atoms with Gasteiger partial charge in [-0.2, -0.15) is 0 Å². The van der Waals surface area contributed by atoms with Crippen molar-refractivity contribution in [2.75, 3.05) is 38.6 Å². The predicted molar refractivity (Wildman–Crippen MR) is 134 cm³/mol. The molecule has 1 unspecified atom stereocenters. The summed E-state index contributed by atoms with van der Waals surface area (Å²) in [5, 5.41) is 0.211. The Morgan fingerprint density at radius 1 is 1.06 bits per heavy atom. The average molecular weight is 483 g/mol. The van der Waals surface area contributed by atoms with Crippen LogP contribution in [0.1, 0.15) is 22.8 Å². The first-order valence-corrected chi connectivity index (χ1v) is 12.6. The number of aromatic nitrogens is 1. The van der Waals surface area contributed by atoms with Crippen molar-refractivity contribution in [3.8, 4) is 0 Å². The van der Waals surface area contributed by atoms with Crippen molar-refractivity contribution in [2.45, 2.75) is 24.8 Å². The van der Waals surface area contributed by atoms with Crippen LogP contribution in [0.4, 0.5) is 5.69 Å². The van der Waals surface area contributed by atoms with Gasteiger partial charge >= 0.3 is 0 Å². The van der Waals surface area contributed by atoms with Crippen LogP contribution in [-0.4, -0.2) is 67.9 Å². The second kappa shape index (κ2) is 8.88. The Bertz CT molecular complexity index is 1410. The molecule has 180 valence electrons. The zero-order valence-corrected chi connectivity index (χ0v) is 21.0. The Kier molecular flexibility index (Phi) is 6.26. The third-order valence-corrected chi connectivity index (χ3v) is 8.26. The van der Waals surface area contributed by atoms with Crippen LogP contribution in [-0.2, 0) is 17.1 Å². The van der Waals surface area contributed by atoms with E-state index in [0.29, 0.717) is 25.2 Å². The molecule has 0 bridgehead atoms. The highest BCUT2D eigenvalue weighted by Crippen LogP contribution is 2.23. The van der Waals surface area contributed by atoms with Crippen molar-refractivity contribution in [3.63, 3.8) is 0 Å². The molecule has 4 rings (SSSR count). The number of aryl methyl sites for hydroxylation is 2. The van der Waals surface area contributed by atoms with Crippen LogP contribution in [0.5, 0.6) is 0 Å². The first-order chi connectivity index (χ1) is 16.0. The van der Waals surface area contributed by atoms with E-state index < -0.39 is 15.5 Å². The third-order valence-electron chi connectivity index (χ3n) is 6.45. The minimum absolute atomic E-state index is 0.0204. The molecule has 1 saturated heterocycles. The second-order valence-corrected chi connectivity index (χ2v) is 11.2. The number of piperazine rings is 1. The van der Waals surface area contributed by atoms with Gasteiger partial charge in [-0.25, -0.2) is 12.7 Å². The molecule has 0 radical (unpaired) electrons. The summed E-state index contributed by atoms with van der Waals surface area (Å²) in [5.74, 6) is -0.334. The normalized spacial score (nSPS) is 16.9. The SMILES string of the molecule is Cc1ccc(N2CCN(C(=O)c3cn(C)c4ccc(S(=O)(=O)N(C)C)cc4c3=O)CC2C)cc1. The molecule has 0 N–H and O–H groups in total. The number of benzene rings is 2. The Hall–Kier alpha value is -3.17. The summed E-state index contributed by atoms with van der Waals surface area (Å²) in [4.78, 5) is 30.7. The molecule has 8 nitrogen and oxygen atoms in total. The summed E-state index contributed by atoms with van der Waals surface area (Å²) in [6.45, 7) is 5.76. The van der Waals surface area contributed by atoms with Gasteiger partial charge in [0.15, 0.2) is 0 Å². The second-order valence-electron chi connectivity index (χ2n) is 9.08. The number of sulfonamides is 1. The fraction of sp³-hybridized carbons (Fsp3) is 0.360. The van der Waals surface area contributed by atoms with E-state index in [0.717, 1.165) is 9.99 Å². The number of carbonyl (C=O) groups excluding carboxylic acids is 1. The maximum absolute atomic E-state index is 13.4. The van der Waals surface area contributed by atoms with Crippen molar-refractivity contribution in [1.29, 1.82) is 0 Å². The van der Waals surface area contributed by atoms with Crippen LogP contribution in [0.15, 0.2) is 58.4 Å². The number of hydrogen-bond acceptors (Lipinski definition) is 5. The lowest BCUT2D eigenvalue weighted by atomic mass is 10.1. The molecule has 3 aromatic rings. The Morgan fingerprint density at radius 2 is 1.74 bits per heavy atom. The van der Waals surface area contributed by atoms with Gasteiger partial charge in [0.25, 0.3) is 5.91 Å². The molecule has 1 amide bonds. The quantitative estimate of drug-likeness (QED) is 0.571. The van der Waals surface area contributed by atoms with Crippen LogP contribution in [0.3, 0.4) is 0 Å². The zero-order chi connectivity index (χ0) is 24.8. The molecule has 1 fully saturated rings. The number of fused-ring (bicyclic) bond motifs is 1. The number of carbonyl (C=O) groups is 1. The van der Waals surface area contributed by atoms with Crippen LogP contribution >= 0.6 is 0 Å². The van der Waals surface area contributed by atoms with E-state index in [-0.39, 0.29) is 27.8 Å². The van der Waals surface area contributed by atoms with Crippen LogP contribution in [0, 0.1) is 6.92 Å². The molecule has 0 aliphatic carbocycles. The molecule has 1 atom stereocenters. The predicted octanol–water partition coefficient (Wildman–Crippen LogP) is 2.45.